The number of anilines is 2. The van der Waals surface area contributed by atoms with Crippen LogP contribution in [0.1, 0.15) is 39.0 Å². The highest BCUT2D eigenvalue weighted by Crippen LogP contribution is 2.27. The molecule has 1 aliphatic rings. The van der Waals surface area contributed by atoms with Crippen LogP contribution in [-0.4, -0.2) is 46.0 Å². The maximum absolute atomic E-state index is 12.5. The van der Waals surface area contributed by atoms with E-state index < -0.39 is 11.6 Å². The third kappa shape index (κ3) is 5.18. The van der Waals surface area contributed by atoms with Gasteiger partial charge in [-0.3, -0.25) is 10.4 Å². The van der Waals surface area contributed by atoms with E-state index in [2.05, 4.69) is 20.8 Å². The summed E-state index contributed by atoms with van der Waals surface area (Å²) in [4.78, 5) is 26.5. The molecule has 2 aromatic rings. The van der Waals surface area contributed by atoms with Gasteiger partial charge >= 0.3 is 12.1 Å². The van der Waals surface area contributed by atoms with E-state index in [9.17, 15) is 9.59 Å². The van der Waals surface area contributed by atoms with Crippen LogP contribution in [0.2, 0.25) is 0 Å². The Bertz CT molecular complexity index is 887. The SMILES string of the molecule is CCOc1ccccc1NC(=O)Nc1n[nH]c2c1CN(C(=O)OC(C)(C)C)CC2. The first-order valence-corrected chi connectivity index (χ1v) is 9.60. The Morgan fingerprint density at radius 1 is 1.24 bits per heavy atom. The van der Waals surface area contributed by atoms with Gasteiger partial charge in [-0.1, -0.05) is 12.1 Å². The fraction of sp³-hybridized carbons (Fsp3) is 0.450. The molecule has 9 heteroatoms. The Kier molecular flexibility index (Phi) is 5.95. The standard InChI is InChI=1S/C20H27N5O4/c1-5-28-16-9-7-6-8-15(16)21-18(26)22-17-13-12-25(11-10-14(13)23-24-17)19(27)29-20(2,3)4/h6-9H,5,10-12H2,1-4H3,(H3,21,22,23,24,26). The Morgan fingerprint density at radius 3 is 2.72 bits per heavy atom. The van der Waals surface area contributed by atoms with E-state index in [0.29, 0.717) is 43.4 Å². The summed E-state index contributed by atoms with van der Waals surface area (Å²) >= 11 is 0. The average molecular weight is 401 g/mol. The van der Waals surface area contributed by atoms with Gasteiger partial charge in [-0.2, -0.15) is 5.10 Å². The molecule has 3 amide bonds. The fourth-order valence-electron chi connectivity index (χ4n) is 2.99. The quantitative estimate of drug-likeness (QED) is 0.723. The number of benzene rings is 1. The molecule has 1 aromatic carbocycles. The zero-order valence-electron chi connectivity index (χ0n) is 17.2. The second-order valence-electron chi connectivity index (χ2n) is 7.69. The highest BCUT2D eigenvalue weighted by atomic mass is 16.6. The van der Waals surface area contributed by atoms with Crippen molar-refractivity contribution in [1.82, 2.24) is 15.1 Å². The summed E-state index contributed by atoms with van der Waals surface area (Å²) in [6, 6.07) is 6.75. The lowest BCUT2D eigenvalue weighted by atomic mass is 10.1. The Hall–Kier alpha value is -3.23. The topological polar surface area (TPSA) is 109 Å². The highest BCUT2D eigenvalue weighted by molar-refractivity contribution is 6.00. The van der Waals surface area contributed by atoms with E-state index >= 15 is 0 Å². The molecule has 0 saturated carbocycles. The van der Waals surface area contributed by atoms with Crippen molar-refractivity contribution in [3.8, 4) is 5.75 Å². The van der Waals surface area contributed by atoms with E-state index in [-0.39, 0.29) is 6.09 Å². The van der Waals surface area contributed by atoms with E-state index in [1.165, 1.54) is 0 Å². The molecule has 0 saturated heterocycles. The van der Waals surface area contributed by atoms with Crippen LogP contribution in [0.25, 0.3) is 0 Å². The number of H-pyrrole nitrogens is 1. The predicted octanol–water partition coefficient (Wildman–Crippen LogP) is 3.75. The fourth-order valence-corrected chi connectivity index (χ4v) is 2.99. The van der Waals surface area contributed by atoms with Gasteiger partial charge in [0.25, 0.3) is 0 Å². The number of amides is 3. The minimum absolute atomic E-state index is 0.311. The van der Waals surface area contributed by atoms with E-state index in [1.54, 1.807) is 17.0 Å². The number of fused-ring (bicyclic) bond motifs is 1. The van der Waals surface area contributed by atoms with Gasteiger partial charge in [-0.25, -0.2) is 9.59 Å². The van der Waals surface area contributed by atoms with Crippen molar-refractivity contribution in [2.24, 2.45) is 0 Å². The summed E-state index contributed by atoms with van der Waals surface area (Å²) in [5, 5.41) is 12.7. The number of urea groups is 1. The van der Waals surface area contributed by atoms with Gasteiger partial charge in [-0.05, 0) is 39.8 Å². The number of para-hydroxylation sites is 2. The van der Waals surface area contributed by atoms with E-state index in [1.807, 2.05) is 39.8 Å². The molecule has 2 heterocycles. The summed E-state index contributed by atoms with van der Waals surface area (Å²) in [5.74, 6) is 0.977. The molecule has 29 heavy (non-hydrogen) atoms. The number of aromatic amines is 1. The van der Waals surface area contributed by atoms with Crippen molar-refractivity contribution in [2.75, 3.05) is 23.8 Å². The molecule has 1 aliphatic heterocycles. The van der Waals surface area contributed by atoms with Crippen molar-refractivity contribution in [3.63, 3.8) is 0 Å². The van der Waals surface area contributed by atoms with Crippen molar-refractivity contribution in [2.45, 2.75) is 46.3 Å². The first kappa shape index (κ1) is 20.5. The molecule has 1 aromatic heterocycles. The number of hydrogen-bond donors (Lipinski definition) is 3. The van der Waals surface area contributed by atoms with Gasteiger partial charge in [0.1, 0.15) is 11.4 Å². The Labute approximate surface area is 169 Å². The molecular weight excluding hydrogens is 374 g/mol. The molecule has 0 radical (unpaired) electrons. The number of hydrogen-bond acceptors (Lipinski definition) is 5. The van der Waals surface area contributed by atoms with Crippen LogP contribution < -0.4 is 15.4 Å². The van der Waals surface area contributed by atoms with Crippen LogP contribution in [0.4, 0.5) is 21.1 Å². The van der Waals surface area contributed by atoms with Crippen molar-refractivity contribution >= 4 is 23.6 Å². The minimum Gasteiger partial charge on any atom is -0.492 e. The maximum Gasteiger partial charge on any atom is 0.410 e. The number of rotatable bonds is 4. The molecule has 0 unspecified atom stereocenters. The molecule has 0 bridgehead atoms. The van der Waals surface area contributed by atoms with Crippen LogP contribution in [0, 0.1) is 0 Å². The summed E-state index contributed by atoms with van der Waals surface area (Å²) in [5.41, 5.74) is 1.67. The number of aromatic nitrogens is 2. The molecule has 0 spiro atoms. The van der Waals surface area contributed by atoms with Crippen LogP contribution in [0.3, 0.4) is 0 Å². The summed E-state index contributed by atoms with van der Waals surface area (Å²) in [6.07, 6.45) is 0.225. The second kappa shape index (κ2) is 8.42. The third-order valence-electron chi connectivity index (χ3n) is 4.25. The van der Waals surface area contributed by atoms with Gasteiger partial charge in [0.2, 0.25) is 0 Å². The zero-order valence-corrected chi connectivity index (χ0v) is 17.2. The van der Waals surface area contributed by atoms with Crippen molar-refractivity contribution < 1.29 is 19.1 Å². The largest absolute Gasteiger partial charge is 0.492 e. The van der Waals surface area contributed by atoms with Crippen LogP contribution in [-0.2, 0) is 17.7 Å². The lowest BCUT2D eigenvalue weighted by molar-refractivity contribution is 0.0224. The molecule has 3 N–H and O–H groups in total. The van der Waals surface area contributed by atoms with Crippen LogP contribution in [0.5, 0.6) is 5.75 Å². The summed E-state index contributed by atoms with van der Waals surface area (Å²) in [7, 11) is 0. The highest BCUT2D eigenvalue weighted by Gasteiger charge is 2.29. The smallest absolute Gasteiger partial charge is 0.410 e. The monoisotopic (exact) mass is 401 g/mol. The molecule has 3 rings (SSSR count). The first-order valence-electron chi connectivity index (χ1n) is 9.60. The van der Waals surface area contributed by atoms with Crippen LogP contribution in [0.15, 0.2) is 24.3 Å². The average Bonchev–Trinajstić information content (AvgIpc) is 3.04. The predicted molar refractivity (Wildman–Crippen MR) is 109 cm³/mol. The molecule has 0 fully saturated rings. The molecule has 156 valence electrons. The van der Waals surface area contributed by atoms with Crippen molar-refractivity contribution in [3.05, 3.63) is 35.5 Å². The van der Waals surface area contributed by atoms with Gasteiger partial charge in [0.05, 0.1) is 18.8 Å². The molecular formula is C20H27N5O4. The Morgan fingerprint density at radius 2 is 2.00 bits per heavy atom. The third-order valence-corrected chi connectivity index (χ3v) is 4.25. The lowest BCUT2D eigenvalue weighted by Crippen LogP contribution is -2.40. The van der Waals surface area contributed by atoms with Crippen LogP contribution >= 0.6 is 0 Å². The summed E-state index contributed by atoms with van der Waals surface area (Å²) < 4.78 is 11.0. The van der Waals surface area contributed by atoms with Gasteiger partial charge in [0, 0.05) is 24.2 Å². The Balaban J connectivity index is 1.68. The van der Waals surface area contributed by atoms with E-state index in [0.717, 1.165) is 11.3 Å². The molecule has 9 nitrogen and oxygen atoms in total. The number of carbonyl (C=O) groups is 2. The van der Waals surface area contributed by atoms with Crippen molar-refractivity contribution in [1.29, 1.82) is 0 Å². The number of ether oxygens (including phenoxy) is 2. The maximum atomic E-state index is 12.5. The number of carbonyl (C=O) groups excluding carboxylic acids is 2. The minimum atomic E-state index is -0.567. The second-order valence-corrected chi connectivity index (χ2v) is 7.69. The van der Waals surface area contributed by atoms with E-state index in [4.69, 9.17) is 9.47 Å². The van der Waals surface area contributed by atoms with Gasteiger partial charge in [0.15, 0.2) is 5.82 Å². The van der Waals surface area contributed by atoms with Gasteiger partial charge < -0.3 is 19.7 Å². The molecule has 0 aliphatic carbocycles. The number of nitrogens with one attached hydrogen (secondary N) is 3. The first-order chi connectivity index (χ1) is 13.8. The summed E-state index contributed by atoms with van der Waals surface area (Å²) in [6.45, 7) is 8.70. The number of nitrogens with zero attached hydrogens (tertiary/aromatic N) is 2. The van der Waals surface area contributed by atoms with Gasteiger partial charge in [-0.15, -0.1) is 0 Å². The molecule has 0 atom stereocenters. The zero-order chi connectivity index (χ0) is 21.0. The lowest BCUT2D eigenvalue weighted by Gasteiger charge is -2.30. The normalized spacial score (nSPS) is 13.4.